The quantitative estimate of drug-likeness (QED) is 0.426. The lowest BCUT2D eigenvalue weighted by molar-refractivity contribution is -0.385. The Kier molecular flexibility index (Phi) is 6.52. The number of anilines is 1. The molecule has 1 amide bonds. The maximum atomic E-state index is 12.7. The van der Waals surface area contributed by atoms with E-state index in [9.17, 15) is 14.9 Å². The predicted octanol–water partition coefficient (Wildman–Crippen LogP) is 3.53. The van der Waals surface area contributed by atoms with E-state index >= 15 is 0 Å². The van der Waals surface area contributed by atoms with Gasteiger partial charge in [0.15, 0.2) is 16.7 Å². The molecule has 156 valence electrons. The number of ether oxygens (including phenoxy) is 2. The number of nitrogens with one attached hydrogen (secondary N) is 1. The Hall–Kier alpha value is -3.60. The van der Waals surface area contributed by atoms with Gasteiger partial charge in [0, 0.05) is 23.7 Å². The van der Waals surface area contributed by atoms with Gasteiger partial charge >= 0.3 is 0 Å². The molecule has 2 aromatic carbocycles. The van der Waals surface area contributed by atoms with E-state index in [0.717, 1.165) is 10.1 Å². The van der Waals surface area contributed by atoms with Crippen molar-refractivity contribution >= 4 is 29.0 Å². The molecule has 0 radical (unpaired) electrons. The summed E-state index contributed by atoms with van der Waals surface area (Å²) in [6.07, 6.45) is 1.61. The minimum absolute atomic E-state index is 0.123. The highest BCUT2D eigenvalue weighted by molar-refractivity contribution is 7.99. The molecule has 3 aromatic rings. The van der Waals surface area contributed by atoms with Crippen molar-refractivity contribution in [2.45, 2.75) is 17.0 Å². The fraction of sp³-hybridized carbons (Fsp3) is 0.211. The summed E-state index contributed by atoms with van der Waals surface area (Å²) >= 11 is 1.42. The molecule has 30 heavy (non-hydrogen) atoms. The SMILES string of the molecule is CCOc1cc(C(=O)Nc2ccc(Sc3nncn3C)cc2)c([N+](=O)[O-])cc1OC. The Balaban J connectivity index is 1.81. The third-order valence-corrected chi connectivity index (χ3v) is 5.07. The van der Waals surface area contributed by atoms with Crippen LogP contribution in [0.2, 0.25) is 0 Å². The van der Waals surface area contributed by atoms with E-state index in [2.05, 4.69) is 15.5 Å². The van der Waals surface area contributed by atoms with Gasteiger partial charge in [-0.25, -0.2) is 0 Å². The molecule has 0 atom stereocenters. The van der Waals surface area contributed by atoms with Crippen LogP contribution in [0.5, 0.6) is 11.5 Å². The number of hydrogen-bond acceptors (Lipinski definition) is 8. The number of carbonyl (C=O) groups is 1. The number of rotatable bonds is 8. The molecular formula is C19H19N5O5S. The summed E-state index contributed by atoms with van der Waals surface area (Å²) in [5.41, 5.74) is -0.00515. The predicted molar refractivity (Wildman–Crippen MR) is 110 cm³/mol. The molecule has 0 bridgehead atoms. The maximum Gasteiger partial charge on any atom is 0.286 e. The summed E-state index contributed by atoms with van der Waals surface area (Å²) in [6.45, 7) is 2.08. The molecule has 0 unspecified atom stereocenters. The number of hydrogen-bond donors (Lipinski definition) is 1. The van der Waals surface area contributed by atoms with Crippen molar-refractivity contribution in [2.24, 2.45) is 7.05 Å². The molecule has 0 aliphatic heterocycles. The van der Waals surface area contributed by atoms with E-state index < -0.39 is 10.8 Å². The van der Waals surface area contributed by atoms with Crippen LogP contribution in [0.15, 0.2) is 52.8 Å². The van der Waals surface area contributed by atoms with Crippen LogP contribution in [-0.2, 0) is 7.05 Å². The molecule has 0 aliphatic rings. The highest BCUT2D eigenvalue weighted by atomic mass is 32.2. The number of methoxy groups -OCH3 is 1. The third kappa shape index (κ3) is 4.69. The molecule has 1 N–H and O–H groups in total. The number of amides is 1. The number of benzene rings is 2. The van der Waals surface area contributed by atoms with Crippen LogP contribution in [0, 0.1) is 10.1 Å². The summed E-state index contributed by atoms with van der Waals surface area (Å²) in [5, 5.41) is 22.7. The second-order valence-corrected chi connectivity index (χ2v) is 7.06. The van der Waals surface area contributed by atoms with Crippen LogP contribution in [0.4, 0.5) is 11.4 Å². The minimum Gasteiger partial charge on any atom is -0.493 e. The first-order valence-electron chi connectivity index (χ1n) is 8.85. The molecule has 0 saturated carbocycles. The molecule has 11 heteroatoms. The average Bonchev–Trinajstić information content (AvgIpc) is 3.13. The van der Waals surface area contributed by atoms with Gasteiger partial charge in [0.25, 0.3) is 11.6 Å². The second-order valence-electron chi connectivity index (χ2n) is 6.02. The largest absolute Gasteiger partial charge is 0.493 e. The fourth-order valence-electron chi connectivity index (χ4n) is 2.59. The smallest absolute Gasteiger partial charge is 0.286 e. The number of nitro groups is 1. The van der Waals surface area contributed by atoms with Gasteiger partial charge in [-0.1, -0.05) is 0 Å². The lowest BCUT2D eigenvalue weighted by Crippen LogP contribution is -2.14. The first-order chi connectivity index (χ1) is 14.4. The maximum absolute atomic E-state index is 12.7. The van der Waals surface area contributed by atoms with Gasteiger partial charge in [0.05, 0.1) is 24.7 Å². The number of aromatic nitrogens is 3. The Morgan fingerprint density at radius 3 is 2.57 bits per heavy atom. The van der Waals surface area contributed by atoms with Crippen molar-refractivity contribution < 1.29 is 19.2 Å². The third-order valence-electron chi connectivity index (χ3n) is 4.01. The monoisotopic (exact) mass is 429 g/mol. The molecule has 0 aliphatic carbocycles. The normalized spacial score (nSPS) is 10.5. The van der Waals surface area contributed by atoms with Gasteiger partial charge in [0.1, 0.15) is 11.9 Å². The van der Waals surface area contributed by atoms with Crippen molar-refractivity contribution in [1.82, 2.24) is 14.8 Å². The van der Waals surface area contributed by atoms with Crippen LogP contribution in [0.3, 0.4) is 0 Å². The number of nitrogens with zero attached hydrogens (tertiary/aromatic N) is 4. The average molecular weight is 429 g/mol. The number of aryl methyl sites for hydroxylation is 1. The summed E-state index contributed by atoms with van der Waals surface area (Å²) in [4.78, 5) is 24.5. The minimum atomic E-state index is -0.631. The standard InChI is InChI=1S/C19H19N5O5S/c1-4-29-17-9-14(15(24(26)27)10-16(17)28-3)18(25)21-12-5-7-13(8-6-12)30-19-22-20-11-23(19)2/h5-11H,4H2,1-3H3,(H,21,25). The van der Waals surface area contributed by atoms with Gasteiger partial charge in [0.2, 0.25) is 0 Å². The molecule has 0 spiro atoms. The summed E-state index contributed by atoms with van der Waals surface area (Å²) in [5.74, 6) is -0.185. The lowest BCUT2D eigenvalue weighted by atomic mass is 10.1. The topological polar surface area (TPSA) is 121 Å². The van der Waals surface area contributed by atoms with Gasteiger partial charge in [-0.3, -0.25) is 14.9 Å². The van der Waals surface area contributed by atoms with E-state index in [0.29, 0.717) is 12.3 Å². The zero-order valence-electron chi connectivity index (χ0n) is 16.5. The zero-order valence-corrected chi connectivity index (χ0v) is 17.3. The van der Waals surface area contributed by atoms with Gasteiger partial charge in [-0.2, -0.15) is 0 Å². The van der Waals surface area contributed by atoms with Crippen LogP contribution in [0.25, 0.3) is 0 Å². The lowest BCUT2D eigenvalue weighted by Gasteiger charge is -2.12. The van der Waals surface area contributed by atoms with Gasteiger partial charge < -0.3 is 19.4 Å². The molecule has 1 aromatic heterocycles. The Labute approximate surface area is 176 Å². The molecule has 10 nitrogen and oxygen atoms in total. The zero-order chi connectivity index (χ0) is 21.7. The molecule has 0 saturated heterocycles. The van der Waals surface area contributed by atoms with E-state index in [1.54, 1.807) is 30.0 Å². The van der Waals surface area contributed by atoms with E-state index in [-0.39, 0.29) is 22.7 Å². The molecule has 3 rings (SSSR count). The highest BCUT2D eigenvalue weighted by Gasteiger charge is 2.25. The summed E-state index contributed by atoms with van der Waals surface area (Å²) in [7, 11) is 3.22. The molecule has 0 fully saturated rings. The Morgan fingerprint density at radius 2 is 2.00 bits per heavy atom. The van der Waals surface area contributed by atoms with E-state index in [1.165, 1.54) is 31.0 Å². The van der Waals surface area contributed by atoms with Crippen molar-refractivity contribution in [1.29, 1.82) is 0 Å². The van der Waals surface area contributed by atoms with Crippen molar-refractivity contribution in [3.8, 4) is 11.5 Å². The number of nitro benzene ring substituents is 1. The second kappa shape index (κ2) is 9.27. The van der Waals surface area contributed by atoms with Crippen LogP contribution >= 0.6 is 11.8 Å². The van der Waals surface area contributed by atoms with Crippen LogP contribution in [-0.4, -0.2) is 39.3 Å². The molecule has 1 heterocycles. The first kappa shape index (κ1) is 21.1. The summed E-state index contributed by atoms with van der Waals surface area (Å²) in [6, 6.07) is 9.52. The molecular weight excluding hydrogens is 410 g/mol. The van der Waals surface area contributed by atoms with Crippen molar-refractivity contribution in [3.63, 3.8) is 0 Å². The Morgan fingerprint density at radius 1 is 1.27 bits per heavy atom. The van der Waals surface area contributed by atoms with Crippen LogP contribution in [0.1, 0.15) is 17.3 Å². The van der Waals surface area contributed by atoms with Gasteiger partial charge in [-0.05, 0) is 43.0 Å². The first-order valence-corrected chi connectivity index (χ1v) is 9.67. The summed E-state index contributed by atoms with van der Waals surface area (Å²) < 4.78 is 12.4. The highest BCUT2D eigenvalue weighted by Crippen LogP contribution is 2.35. The number of carbonyl (C=O) groups excluding carboxylic acids is 1. The fourth-order valence-corrected chi connectivity index (χ4v) is 3.35. The van der Waals surface area contributed by atoms with Gasteiger partial charge in [-0.15, -0.1) is 10.2 Å². The Bertz CT molecular complexity index is 1070. The van der Waals surface area contributed by atoms with Crippen molar-refractivity contribution in [2.75, 3.05) is 19.0 Å². The van der Waals surface area contributed by atoms with Crippen LogP contribution < -0.4 is 14.8 Å². The van der Waals surface area contributed by atoms with Crippen molar-refractivity contribution in [3.05, 3.63) is 58.4 Å². The van der Waals surface area contributed by atoms with E-state index in [4.69, 9.17) is 9.47 Å². The van der Waals surface area contributed by atoms with E-state index in [1.807, 2.05) is 19.2 Å².